The summed E-state index contributed by atoms with van der Waals surface area (Å²) in [7, 11) is -2.25. The molecule has 0 aromatic heterocycles. The largest absolute Gasteiger partial charge is 0.465 e. The Balaban J connectivity index is 1.58. The molecule has 10 heteroatoms. The van der Waals surface area contributed by atoms with Gasteiger partial charge in [0.2, 0.25) is 10.0 Å². The van der Waals surface area contributed by atoms with Crippen molar-refractivity contribution in [1.29, 1.82) is 0 Å². The first-order valence-corrected chi connectivity index (χ1v) is 12.0. The maximum Gasteiger partial charge on any atom is 0.337 e. The zero-order valence-electron chi connectivity index (χ0n) is 17.8. The van der Waals surface area contributed by atoms with Crippen LogP contribution >= 0.6 is 12.2 Å². The summed E-state index contributed by atoms with van der Waals surface area (Å²) in [5.74, 6) is -0.401. The third-order valence-corrected chi connectivity index (χ3v) is 7.40. The molecule has 2 aromatic rings. The number of benzene rings is 2. The summed E-state index contributed by atoms with van der Waals surface area (Å²) in [6.45, 7) is 3.18. The average molecular weight is 476 g/mol. The minimum Gasteiger partial charge on any atom is -0.465 e. The van der Waals surface area contributed by atoms with Gasteiger partial charge in [0.05, 0.1) is 17.6 Å². The SMILES string of the molecule is COC(=O)c1ccc(C(=O)NC(=S)Nc2ccc(S(=O)(=O)N3CCC(C)CC3)cc2)cc1. The second-order valence-corrected chi connectivity index (χ2v) is 9.93. The number of sulfonamides is 1. The lowest BCUT2D eigenvalue weighted by Crippen LogP contribution is -2.37. The zero-order chi connectivity index (χ0) is 23.3. The fraction of sp³-hybridized carbons (Fsp3) is 0.318. The Labute approximate surface area is 193 Å². The van der Waals surface area contributed by atoms with Gasteiger partial charge >= 0.3 is 5.97 Å². The van der Waals surface area contributed by atoms with Gasteiger partial charge in [0.25, 0.3) is 5.91 Å². The van der Waals surface area contributed by atoms with Gasteiger partial charge in [0.1, 0.15) is 0 Å². The van der Waals surface area contributed by atoms with E-state index < -0.39 is 21.9 Å². The molecule has 1 saturated heterocycles. The van der Waals surface area contributed by atoms with Crippen molar-refractivity contribution in [2.45, 2.75) is 24.7 Å². The van der Waals surface area contributed by atoms with Crippen LogP contribution in [0.15, 0.2) is 53.4 Å². The van der Waals surface area contributed by atoms with E-state index in [1.807, 2.05) is 0 Å². The van der Waals surface area contributed by atoms with Gasteiger partial charge in [-0.05, 0) is 79.5 Å². The van der Waals surface area contributed by atoms with Gasteiger partial charge < -0.3 is 10.1 Å². The van der Waals surface area contributed by atoms with Gasteiger partial charge in [-0.25, -0.2) is 13.2 Å². The van der Waals surface area contributed by atoms with Crippen molar-refractivity contribution in [3.8, 4) is 0 Å². The summed E-state index contributed by atoms with van der Waals surface area (Å²) >= 11 is 5.17. The number of carbonyl (C=O) groups is 2. The number of rotatable bonds is 5. The highest BCUT2D eigenvalue weighted by molar-refractivity contribution is 7.89. The maximum absolute atomic E-state index is 12.8. The minimum absolute atomic E-state index is 0.0627. The van der Waals surface area contributed by atoms with Crippen LogP contribution in [-0.4, -0.2) is 49.9 Å². The number of carbonyl (C=O) groups excluding carboxylic acids is 2. The summed E-state index contributed by atoms with van der Waals surface area (Å²) in [6, 6.07) is 12.2. The molecule has 0 radical (unpaired) electrons. The molecule has 3 rings (SSSR count). The molecule has 1 heterocycles. The van der Waals surface area contributed by atoms with Crippen molar-refractivity contribution >= 4 is 44.9 Å². The average Bonchev–Trinajstić information content (AvgIpc) is 2.79. The molecule has 8 nitrogen and oxygen atoms in total. The minimum atomic E-state index is -3.53. The first kappa shape index (κ1) is 23.8. The van der Waals surface area contributed by atoms with Crippen LogP contribution in [0.25, 0.3) is 0 Å². The number of nitrogens with one attached hydrogen (secondary N) is 2. The molecule has 170 valence electrons. The molecule has 1 aliphatic rings. The number of piperidine rings is 1. The van der Waals surface area contributed by atoms with Crippen molar-refractivity contribution in [3.05, 3.63) is 59.7 Å². The Morgan fingerprint density at radius 2 is 1.56 bits per heavy atom. The first-order chi connectivity index (χ1) is 15.2. The molecule has 0 saturated carbocycles. The predicted molar refractivity (Wildman–Crippen MR) is 125 cm³/mol. The second kappa shape index (κ2) is 10.2. The Kier molecular flexibility index (Phi) is 7.60. The zero-order valence-corrected chi connectivity index (χ0v) is 19.5. The van der Waals surface area contributed by atoms with Crippen LogP contribution in [0.3, 0.4) is 0 Å². The van der Waals surface area contributed by atoms with Gasteiger partial charge in [0.15, 0.2) is 5.11 Å². The van der Waals surface area contributed by atoms with Gasteiger partial charge in [0, 0.05) is 24.3 Å². The predicted octanol–water partition coefficient (Wildman–Crippen LogP) is 3.02. The number of esters is 1. The van der Waals surface area contributed by atoms with E-state index in [1.165, 1.54) is 47.8 Å². The Bertz CT molecular complexity index is 1090. The van der Waals surface area contributed by atoms with Crippen molar-refractivity contribution in [2.24, 2.45) is 5.92 Å². The Hall–Kier alpha value is -2.82. The van der Waals surface area contributed by atoms with E-state index >= 15 is 0 Å². The standard InChI is InChI=1S/C22H25N3O5S2/c1-15-11-13-25(14-12-15)32(28,29)19-9-7-18(8-10-19)23-22(31)24-20(26)16-3-5-17(6-4-16)21(27)30-2/h3-10,15H,11-14H2,1-2H3,(H2,23,24,26,31). The normalized spacial score (nSPS) is 15.1. The maximum atomic E-state index is 12.8. The second-order valence-electron chi connectivity index (χ2n) is 7.59. The molecule has 0 atom stereocenters. The van der Waals surface area contributed by atoms with Crippen LogP contribution in [-0.2, 0) is 14.8 Å². The molecule has 0 aliphatic carbocycles. The van der Waals surface area contributed by atoms with Gasteiger partial charge in [-0.1, -0.05) is 6.92 Å². The highest BCUT2D eigenvalue weighted by atomic mass is 32.2. The number of methoxy groups -OCH3 is 1. The van der Waals surface area contributed by atoms with Crippen LogP contribution < -0.4 is 10.6 Å². The van der Waals surface area contributed by atoms with Crippen LogP contribution in [0.1, 0.15) is 40.5 Å². The topological polar surface area (TPSA) is 105 Å². The molecule has 0 unspecified atom stereocenters. The van der Waals surface area contributed by atoms with Crippen LogP contribution in [0.2, 0.25) is 0 Å². The Morgan fingerprint density at radius 1 is 1.00 bits per heavy atom. The number of ether oxygens (including phenoxy) is 1. The molecule has 2 aromatic carbocycles. The number of amides is 1. The van der Waals surface area contributed by atoms with E-state index in [4.69, 9.17) is 12.2 Å². The van der Waals surface area contributed by atoms with Crippen molar-refractivity contribution in [2.75, 3.05) is 25.5 Å². The van der Waals surface area contributed by atoms with Gasteiger partial charge in [-0.15, -0.1) is 0 Å². The third kappa shape index (κ3) is 5.70. The molecule has 0 bridgehead atoms. The number of thiocarbonyl (C=S) groups is 1. The lowest BCUT2D eigenvalue weighted by molar-refractivity contribution is 0.0600. The van der Waals surface area contributed by atoms with E-state index in [1.54, 1.807) is 12.1 Å². The van der Waals surface area contributed by atoms with Crippen molar-refractivity contribution in [3.63, 3.8) is 0 Å². The summed E-state index contributed by atoms with van der Waals surface area (Å²) in [5.41, 5.74) is 1.19. The molecule has 1 amide bonds. The third-order valence-electron chi connectivity index (χ3n) is 5.29. The number of hydrogen-bond acceptors (Lipinski definition) is 6. The van der Waals surface area contributed by atoms with E-state index in [0.717, 1.165) is 12.8 Å². The van der Waals surface area contributed by atoms with E-state index in [0.29, 0.717) is 35.8 Å². The molecule has 0 spiro atoms. The number of nitrogens with zero attached hydrogens (tertiary/aromatic N) is 1. The summed E-state index contributed by atoms with van der Waals surface area (Å²) in [4.78, 5) is 24.0. The van der Waals surface area contributed by atoms with Gasteiger partial charge in [-0.2, -0.15) is 4.31 Å². The van der Waals surface area contributed by atoms with Crippen molar-refractivity contribution in [1.82, 2.24) is 9.62 Å². The smallest absolute Gasteiger partial charge is 0.337 e. The summed E-state index contributed by atoms with van der Waals surface area (Å²) in [6.07, 6.45) is 1.72. The fourth-order valence-corrected chi connectivity index (χ4v) is 4.98. The van der Waals surface area contributed by atoms with E-state index in [9.17, 15) is 18.0 Å². The summed E-state index contributed by atoms with van der Waals surface area (Å²) < 4.78 is 31.8. The molecule has 1 aliphatic heterocycles. The number of hydrogen-bond donors (Lipinski definition) is 2. The molecular formula is C22H25N3O5S2. The monoisotopic (exact) mass is 475 g/mol. The highest BCUT2D eigenvalue weighted by Crippen LogP contribution is 2.24. The van der Waals surface area contributed by atoms with E-state index in [-0.39, 0.29) is 10.0 Å². The van der Waals surface area contributed by atoms with Crippen LogP contribution in [0.5, 0.6) is 0 Å². The molecule has 1 fully saturated rings. The first-order valence-electron chi connectivity index (χ1n) is 10.1. The quantitative estimate of drug-likeness (QED) is 0.506. The van der Waals surface area contributed by atoms with Crippen LogP contribution in [0, 0.1) is 5.92 Å². The van der Waals surface area contributed by atoms with Gasteiger partial charge in [-0.3, -0.25) is 10.1 Å². The lowest BCUT2D eigenvalue weighted by atomic mass is 10.0. The molecular weight excluding hydrogens is 450 g/mol. The molecule has 32 heavy (non-hydrogen) atoms. The summed E-state index contributed by atoms with van der Waals surface area (Å²) in [5, 5.41) is 5.47. The lowest BCUT2D eigenvalue weighted by Gasteiger charge is -2.29. The highest BCUT2D eigenvalue weighted by Gasteiger charge is 2.27. The Morgan fingerprint density at radius 3 is 2.12 bits per heavy atom. The fourth-order valence-electron chi connectivity index (χ4n) is 3.30. The van der Waals surface area contributed by atoms with E-state index in [2.05, 4.69) is 22.3 Å². The van der Waals surface area contributed by atoms with Crippen molar-refractivity contribution < 1.29 is 22.7 Å². The number of anilines is 1. The van der Waals surface area contributed by atoms with Crippen LogP contribution in [0.4, 0.5) is 5.69 Å². The molecule has 2 N–H and O–H groups in total.